The minimum Gasteiger partial charge on any atom is -0.490 e. The number of carbonyl (C=O) groups is 1. The minimum atomic E-state index is -0.0835. The molecule has 8 heteroatoms. The Kier molecular flexibility index (Phi) is 8.45. The average Bonchev–Trinajstić information content (AvgIpc) is 3.24. The first-order valence-electron chi connectivity index (χ1n) is 11.1. The topological polar surface area (TPSA) is 59.9 Å². The van der Waals surface area contributed by atoms with Crippen molar-refractivity contribution in [3.8, 4) is 11.5 Å². The quantitative estimate of drug-likeness (QED) is 0.236. The van der Waals surface area contributed by atoms with Crippen molar-refractivity contribution in [2.24, 2.45) is 5.10 Å². The zero-order valence-electron chi connectivity index (χ0n) is 19.2. The maximum absolute atomic E-state index is 12.3. The van der Waals surface area contributed by atoms with E-state index in [1.807, 2.05) is 60.8 Å². The van der Waals surface area contributed by atoms with E-state index in [4.69, 9.17) is 9.47 Å². The van der Waals surface area contributed by atoms with E-state index in [2.05, 4.69) is 57.6 Å². The lowest BCUT2D eigenvalue weighted by Crippen LogP contribution is -2.26. The SMILES string of the molecule is CCOc1cc(/C=N\NC(=O)CC2(C)SCCS2)cc(Br)c1OCc1cccc2ccccc12. The lowest BCUT2D eigenvalue weighted by atomic mass is 10.1. The van der Waals surface area contributed by atoms with Crippen LogP contribution in [0.1, 0.15) is 31.4 Å². The molecular formula is C26H27BrN2O3S2. The number of nitrogens with one attached hydrogen (secondary N) is 1. The van der Waals surface area contributed by atoms with Crippen molar-refractivity contribution in [2.75, 3.05) is 18.1 Å². The van der Waals surface area contributed by atoms with Gasteiger partial charge in [0.15, 0.2) is 11.5 Å². The molecule has 1 N–H and O–H groups in total. The summed E-state index contributed by atoms with van der Waals surface area (Å²) in [6.07, 6.45) is 2.06. The van der Waals surface area contributed by atoms with Crippen LogP contribution in [0.4, 0.5) is 0 Å². The molecule has 3 aromatic rings. The number of ether oxygens (including phenoxy) is 2. The lowest BCUT2D eigenvalue weighted by Gasteiger charge is -2.19. The standard InChI is InChI=1S/C26H27BrN2O3S2/c1-3-31-23-14-18(16-28-29-24(30)15-26(2)33-11-12-34-26)13-22(27)25(23)32-17-20-9-6-8-19-7-4-5-10-21(19)20/h4-10,13-14,16H,3,11-12,15,17H2,1-2H3,(H,29,30)/b28-16-. The van der Waals surface area contributed by atoms with Gasteiger partial charge in [0, 0.05) is 11.5 Å². The molecule has 1 heterocycles. The van der Waals surface area contributed by atoms with Crippen molar-refractivity contribution in [1.82, 2.24) is 5.43 Å². The predicted octanol–water partition coefficient (Wildman–Crippen LogP) is 6.62. The van der Waals surface area contributed by atoms with E-state index in [0.717, 1.165) is 27.1 Å². The molecule has 0 aliphatic carbocycles. The van der Waals surface area contributed by atoms with Crippen LogP contribution in [0.15, 0.2) is 64.2 Å². The Labute approximate surface area is 217 Å². The van der Waals surface area contributed by atoms with Crippen LogP contribution in [0.2, 0.25) is 0 Å². The largest absolute Gasteiger partial charge is 0.490 e. The Balaban J connectivity index is 1.45. The van der Waals surface area contributed by atoms with E-state index in [0.29, 0.717) is 31.1 Å². The van der Waals surface area contributed by atoms with E-state index < -0.39 is 0 Å². The van der Waals surface area contributed by atoms with Crippen LogP contribution in [-0.4, -0.2) is 34.3 Å². The number of carbonyl (C=O) groups excluding carboxylic acids is 1. The number of nitrogens with zero attached hydrogens (tertiary/aromatic N) is 1. The highest BCUT2D eigenvalue weighted by Crippen LogP contribution is 2.45. The van der Waals surface area contributed by atoms with Crippen LogP contribution in [0.5, 0.6) is 11.5 Å². The Hall–Kier alpha value is -2.16. The molecular weight excluding hydrogens is 532 g/mol. The fourth-order valence-electron chi connectivity index (χ4n) is 3.80. The summed E-state index contributed by atoms with van der Waals surface area (Å²) in [4.78, 5) is 12.3. The van der Waals surface area contributed by atoms with Crippen molar-refractivity contribution in [3.05, 3.63) is 70.2 Å². The normalized spacial score (nSPS) is 15.0. The van der Waals surface area contributed by atoms with Gasteiger partial charge in [-0.2, -0.15) is 5.10 Å². The third kappa shape index (κ3) is 6.29. The molecule has 1 fully saturated rings. The van der Waals surface area contributed by atoms with Gasteiger partial charge in [0.2, 0.25) is 5.91 Å². The van der Waals surface area contributed by atoms with Crippen LogP contribution < -0.4 is 14.9 Å². The van der Waals surface area contributed by atoms with Gasteiger partial charge < -0.3 is 9.47 Å². The fourth-order valence-corrected chi connectivity index (χ4v) is 7.21. The maximum atomic E-state index is 12.3. The number of hydrogen-bond donors (Lipinski definition) is 1. The maximum Gasteiger partial charge on any atom is 0.242 e. The molecule has 3 aromatic carbocycles. The zero-order chi connectivity index (χ0) is 24.0. The molecule has 0 radical (unpaired) electrons. The van der Waals surface area contributed by atoms with Gasteiger partial charge in [-0.3, -0.25) is 4.79 Å². The van der Waals surface area contributed by atoms with Crippen LogP contribution in [0, 0.1) is 0 Å². The highest BCUT2D eigenvalue weighted by atomic mass is 79.9. The molecule has 1 aliphatic heterocycles. The average molecular weight is 560 g/mol. The fraction of sp³-hybridized carbons (Fsp3) is 0.308. The summed E-state index contributed by atoms with van der Waals surface area (Å²) in [6, 6.07) is 18.2. The van der Waals surface area contributed by atoms with E-state index in [1.54, 1.807) is 6.21 Å². The summed E-state index contributed by atoms with van der Waals surface area (Å²) in [6.45, 7) is 4.96. The van der Waals surface area contributed by atoms with Gasteiger partial charge >= 0.3 is 0 Å². The Bertz CT molecular complexity index is 1190. The molecule has 34 heavy (non-hydrogen) atoms. The highest BCUT2D eigenvalue weighted by Gasteiger charge is 2.32. The number of hydrogen-bond acceptors (Lipinski definition) is 6. The van der Waals surface area contributed by atoms with Gasteiger partial charge in [-0.05, 0) is 63.8 Å². The van der Waals surface area contributed by atoms with Crippen molar-refractivity contribution in [3.63, 3.8) is 0 Å². The van der Waals surface area contributed by atoms with Crippen molar-refractivity contribution < 1.29 is 14.3 Å². The number of rotatable bonds is 9. The first-order valence-corrected chi connectivity index (χ1v) is 13.9. The van der Waals surface area contributed by atoms with E-state index >= 15 is 0 Å². The highest BCUT2D eigenvalue weighted by molar-refractivity contribution is 9.10. The summed E-state index contributed by atoms with van der Waals surface area (Å²) in [7, 11) is 0. The molecule has 1 amide bonds. The molecule has 0 bridgehead atoms. The molecule has 4 rings (SSSR count). The molecule has 1 aliphatic rings. The van der Waals surface area contributed by atoms with E-state index in [-0.39, 0.29) is 9.99 Å². The summed E-state index contributed by atoms with van der Waals surface area (Å²) < 4.78 is 12.8. The van der Waals surface area contributed by atoms with Gasteiger partial charge in [0.1, 0.15) is 6.61 Å². The van der Waals surface area contributed by atoms with Crippen molar-refractivity contribution >= 4 is 62.3 Å². The number of fused-ring (bicyclic) bond motifs is 1. The molecule has 0 saturated carbocycles. The first-order chi connectivity index (χ1) is 16.5. The first kappa shape index (κ1) is 24.9. The van der Waals surface area contributed by atoms with Crippen LogP contribution in [-0.2, 0) is 11.4 Å². The number of amides is 1. The van der Waals surface area contributed by atoms with Gasteiger partial charge in [0.05, 0.1) is 27.8 Å². The second-order valence-corrected chi connectivity index (χ2v) is 12.3. The predicted molar refractivity (Wildman–Crippen MR) is 147 cm³/mol. The molecule has 0 atom stereocenters. The summed E-state index contributed by atoms with van der Waals surface area (Å²) in [5.74, 6) is 3.34. The van der Waals surface area contributed by atoms with Crippen LogP contribution in [0.3, 0.4) is 0 Å². The zero-order valence-corrected chi connectivity index (χ0v) is 22.4. The van der Waals surface area contributed by atoms with E-state index in [9.17, 15) is 4.79 Å². The summed E-state index contributed by atoms with van der Waals surface area (Å²) in [5, 5.41) is 6.50. The van der Waals surface area contributed by atoms with Crippen molar-refractivity contribution in [2.45, 2.75) is 31.0 Å². The lowest BCUT2D eigenvalue weighted by molar-refractivity contribution is -0.121. The Morgan fingerprint density at radius 3 is 2.71 bits per heavy atom. The number of thioether (sulfide) groups is 2. The van der Waals surface area contributed by atoms with Gasteiger partial charge in [0.25, 0.3) is 0 Å². The number of benzene rings is 3. The molecule has 0 aromatic heterocycles. The number of hydrazone groups is 1. The van der Waals surface area contributed by atoms with Crippen LogP contribution in [0.25, 0.3) is 10.8 Å². The molecule has 5 nitrogen and oxygen atoms in total. The Morgan fingerprint density at radius 1 is 1.15 bits per heavy atom. The molecule has 178 valence electrons. The monoisotopic (exact) mass is 558 g/mol. The third-order valence-corrected chi connectivity index (χ3v) is 9.25. The summed E-state index contributed by atoms with van der Waals surface area (Å²) in [5.41, 5.74) is 4.55. The number of halogens is 1. The van der Waals surface area contributed by atoms with Crippen LogP contribution >= 0.6 is 39.5 Å². The van der Waals surface area contributed by atoms with Gasteiger partial charge in [-0.25, -0.2) is 5.43 Å². The Morgan fingerprint density at radius 2 is 1.91 bits per heavy atom. The molecule has 1 saturated heterocycles. The molecule has 0 spiro atoms. The smallest absolute Gasteiger partial charge is 0.242 e. The third-order valence-electron chi connectivity index (χ3n) is 5.37. The second-order valence-electron chi connectivity index (χ2n) is 7.99. The van der Waals surface area contributed by atoms with Crippen molar-refractivity contribution in [1.29, 1.82) is 0 Å². The van der Waals surface area contributed by atoms with E-state index in [1.165, 1.54) is 10.8 Å². The minimum absolute atomic E-state index is 0.0617. The molecule has 0 unspecified atom stereocenters. The van der Waals surface area contributed by atoms with Gasteiger partial charge in [-0.15, -0.1) is 23.5 Å². The summed E-state index contributed by atoms with van der Waals surface area (Å²) >= 11 is 7.28. The second kappa shape index (κ2) is 11.5. The van der Waals surface area contributed by atoms with Gasteiger partial charge in [-0.1, -0.05) is 42.5 Å².